The zero-order valence-electron chi connectivity index (χ0n) is 24.4. The van der Waals surface area contributed by atoms with Crippen molar-refractivity contribution in [1.82, 2.24) is 19.7 Å². The van der Waals surface area contributed by atoms with Gasteiger partial charge in [0.15, 0.2) is 0 Å². The SMILES string of the molecule is CC(C)OC(=O)CN1CCN(CC(=O)OC(C)(C)C)CCN(Cc2cccc(C(=O)OC(C)(C)C)n2)CC1. The number of carbonyl (C=O) groups is 3. The van der Waals surface area contributed by atoms with Crippen LogP contribution in [0.5, 0.6) is 0 Å². The lowest BCUT2D eigenvalue weighted by molar-refractivity contribution is -0.156. The molecule has 1 aliphatic rings. The lowest BCUT2D eigenvalue weighted by Gasteiger charge is -2.27. The fraction of sp³-hybridized carbons (Fsp3) is 0.714. The van der Waals surface area contributed by atoms with Crippen molar-refractivity contribution in [2.75, 3.05) is 52.4 Å². The number of hydrogen-bond donors (Lipinski definition) is 0. The molecule has 2 heterocycles. The summed E-state index contributed by atoms with van der Waals surface area (Å²) in [6.07, 6.45) is -0.177. The molecule has 2 rings (SSSR count). The highest BCUT2D eigenvalue weighted by Crippen LogP contribution is 2.13. The topological polar surface area (TPSA) is 102 Å². The van der Waals surface area contributed by atoms with Crippen molar-refractivity contribution in [1.29, 1.82) is 0 Å². The van der Waals surface area contributed by atoms with Crippen molar-refractivity contribution in [3.8, 4) is 0 Å². The molecule has 214 valence electrons. The molecule has 1 fully saturated rings. The third-order valence-electron chi connectivity index (χ3n) is 5.49. The largest absolute Gasteiger partial charge is 0.462 e. The van der Waals surface area contributed by atoms with Gasteiger partial charge in [-0.3, -0.25) is 24.3 Å². The molecule has 0 saturated carbocycles. The molecule has 0 amide bonds. The van der Waals surface area contributed by atoms with Crippen LogP contribution in [0.3, 0.4) is 0 Å². The Labute approximate surface area is 227 Å². The number of ether oxygens (including phenoxy) is 3. The zero-order chi connectivity index (χ0) is 28.5. The summed E-state index contributed by atoms with van der Waals surface area (Å²) in [5.41, 5.74) is -0.142. The molecule has 10 heteroatoms. The van der Waals surface area contributed by atoms with E-state index in [9.17, 15) is 14.4 Å². The highest BCUT2D eigenvalue weighted by atomic mass is 16.6. The highest BCUT2D eigenvalue weighted by molar-refractivity contribution is 5.87. The van der Waals surface area contributed by atoms with E-state index >= 15 is 0 Å². The minimum Gasteiger partial charge on any atom is -0.462 e. The fourth-order valence-corrected chi connectivity index (χ4v) is 3.94. The number of nitrogens with zero attached hydrogens (tertiary/aromatic N) is 4. The molecule has 1 aromatic heterocycles. The average Bonchev–Trinajstić information content (AvgIpc) is 2.83. The molecule has 1 saturated heterocycles. The Bertz CT molecular complexity index is 938. The molecular weight excluding hydrogens is 488 g/mol. The van der Waals surface area contributed by atoms with Crippen LogP contribution in [0, 0.1) is 0 Å². The van der Waals surface area contributed by atoms with E-state index in [2.05, 4.69) is 19.7 Å². The molecule has 38 heavy (non-hydrogen) atoms. The Morgan fingerprint density at radius 1 is 0.789 bits per heavy atom. The predicted molar refractivity (Wildman–Crippen MR) is 145 cm³/mol. The van der Waals surface area contributed by atoms with E-state index in [1.54, 1.807) is 12.1 Å². The summed E-state index contributed by atoms with van der Waals surface area (Å²) >= 11 is 0. The number of pyridine rings is 1. The van der Waals surface area contributed by atoms with Crippen LogP contribution in [0.15, 0.2) is 18.2 Å². The molecular formula is C28H46N4O6. The van der Waals surface area contributed by atoms with Crippen LogP contribution in [-0.4, -0.2) is 107 Å². The molecule has 1 aliphatic heterocycles. The van der Waals surface area contributed by atoms with Crippen LogP contribution in [0.1, 0.15) is 71.6 Å². The van der Waals surface area contributed by atoms with Crippen LogP contribution < -0.4 is 0 Å². The van der Waals surface area contributed by atoms with Gasteiger partial charge in [-0.15, -0.1) is 0 Å². The summed E-state index contributed by atoms with van der Waals surface area (Å²) in [6.45, 7) is 19.5. The number of hydrogen-bond acceptors (Lipinski definition) is 10. The van der Waals surface area contributed by atoms with Gasteiger partial charge >= 0.3 is 17.9 Å². The Morgan fingerprint density at radius 2 is 1.29 bits per heavy atom. The van der Waals surface area contributed by atoms with Crippen LogP contribution in [-0.2, 0) is 30.3 Å². The first-order chi connectivity index (χ1) is 17.6. The Morgan fingerprint density at radius 3 is 1.79 bits per heavy atom. The zero-order valence-corrected chi connectivity index (χ0v) is 24.4. The maximum atomic E-state index is 12.5. The van der Waals surface area contributed by atoms with Crippen molar-refractivity contribution < 1.29 is 28.6 Å². The van der Waals surface area contributed by atoms with Gasteiger partial charge in [0.05, 0.1) is 24.9 Å². The van der Waals surface area contributed by atoms with Crippen molar-refractivity contribution in [3.05, 3.63) is 29.6 Å². The standard InChI is InChI=1S/C28H46N4O6/c1-21(2)36-24(33)19-31-14-12-30(13-15-32(17-16-31)20-25(34)37-27(3,4)5)18-22-10-9-11-23(29-22)26(35)38-28(6,7)8/h9-11,21H,12-20H2,1-8H3. The third kappa shape index (κ3) is 12.8. The summed E-state index contributed by atoms with van der Waals surface area (Å²) < 4.78 is 16.4. The second kappa shape index (κ2) is 14.0. The van der Waals surface area contributed by atoms with Crippen molar-refractivity contribution in [2.45, 2.75) is 79.2 Å². The quantitative estimate of drug-likeness (QED) is 0.365. The molecule has 1 aromatic rings. The summed E-state index contributed by atoms with van der Waals surface area (Å²) in [5.74, 6) is -1.00. The summed E-state index contributed by atoms with van der Waals surface area (Å²) in [5, 5.41) is 0. The van der Waals surface area contributed by atoms with Gasteiger partial charge in [0.1, 0.15) is 16.9 Å². The van der Waals surface area contributed by atoms with Gasteiger partial charge in [-0.25, -0.2) is 9.78 Å². The normalized spacial score (nSPS) is 16.9. The molecule has 0 unspecified atom stereocenters. The summed E-state index contributed by atoms with van der Waals surface area (Å²) in [4.78, 5) is 48.3. The van der Waals surface area contributed by atoms with Crippen molar-refractivity contribution in [2.24, 2.45) is 0 Å². The van der Waals surface area contributed by atoms with Crippen LogP contribution in [0.4, 0.5) is 0 Å². The van der Waals surface area contributed by atoms with Crippen LogP contribution in [0.25, 0.3) is 0 Å². The lowest BCUT2D eigenvalue weighted by Crippen LogP contribution is -2.42. The minimum absolute atomic E-state index is 0.168. The van der Waals surface area contributed by atoms with Gasteiger partial charge in [0.2, 0.25) is 0 Å². The number of aromatic nitrogens is 1. The van der Waals surface area contributed by atoms with Gasteiger partial charge in [-0.05, 0) is 67.5 Å². The molecule has 0 atom stereocenters. The van der Waals surface area contributed by atoms with E-state index in [0.717, 1.165) is 5.69 Å². The molecule has 0 N–H and O–H groups in total. The minimum atomic E-state index is -0.603. The molecule has 0 aromatic carbocycles. The molecule has 0 spiro atoms. The molecule has 10 nitrogen and oxygen atoms in total. The van der Waals surface area contributed by atoms with E-state index in [4.69, 9.17) is 14.2 Å². The van der Waals surface area contributed by atoms with E-state index < -0.39 is 17.2 Å². The summed E-state index contributed by atoms with van der Waals surface area (Å²) in [6, 6.07) is 5.35. The van der Waals surface area contributed by atoms with Gasteiger partial charge in [0, 0.05) is 45.8 Å². The number of esters is 3. The lowest BCUT2D eigenvalue weighted by atomic mass is 10.2. The smallest absolute Gasteiger partial charge is 0.357 e. The van der Waals surface area contributed by atoms with Crippen LogP contribution in [0.2, 0.25) is 0 Å². The van der Waals surface area contributed by atoms with Gasteiger partial charge in [-0.2, -0.15) is 0 Å². The second-order valence-electron chi connectivity index (χ2n) is 12.0. The fourth-order valence-electron chi connectivity index (χ4n) is 3.94. The van der Waals surface area contributed by atoms with E-state index in [1.165, 1.54) is 0 Å². The Kier molecular flexibility index (Phi) is 11.7. The molecule has 0 radical (unpaired) electrons. The Balaban J connectivity index is 2.15. The third-order valence-corrected chi connectivity index (χ3v) is 5.49. The van der Waals surface area contributed by atoms with E-state index in [1.807, 2.05) is 61.5 Å². The van der Waals surface area contributed by atoms with Crippen LogP contribution >= 0.6 is 0 Å². The number of carbonyl (C=O) groups excluding carboxylic acids is 3. The maximum Gasteiger partial charge on any atom is 0.357 e. The van der Waals surface area contributed by atoms with Gasteiger partial charge in [-0.1, -0.05) is 6.07 Å². The average molecular weight is 535 g/mol. The monoisotopic (exact) mass is 534 g/mol. The summed E-state index contributed by atoms with van der Waals surface area (Å²) in [7, 11) is 0. The second-order valence-corrected chi connectivity index (χ2v) is 12.0. The van der Waals surface area contributed by atoms with Crippen molar-refractivity contribution in [3.63, 3.8) is 0 Å². The first kappa shape index (κ1) is 31.7. The predicted octanol–water partition coefficient (Wildman–Crippen LogP) is 2.75. The van der Waals surface area contributed by atoms with E-state index in [0.29, 0.717) is 45.8 Å². The first-order valence-electron chi connectivity index (χ1n) is 13.4. The Hall–Kier alpha value is -2.56. The highest BCUT2D eigenvalue weighted by Gasteiger charge is 2.24. The van der Waals surface area contributed by atoms with Gasteiger partial charge in [0.25, 0.3) is 0 Å². The van der Waals surface area contributed by atoms with Gasteiger partial charge < -0.3 is 14.2 Å². The molecule has 0 bridgehead atoms. The number of rotatable bonds is 8. The van der Waals surface area contributed by atoms with E-state index in [-0.39, 0.29) is 36.8 Å². The maximum absolute atomic E-state index is 12.5. The molecule has 0 aliphatic carbocycles. The van der Waals surface area contributed by atoms with Crippen molar-refractivity contribution >= 4 is 17.9 Å². The first-order valence-corrected chi connectivity index (χ1v) is 13.4.